The van der Waals surface area contributed by atoms with E-state index in [1.165, 1.54) is 0 Å². The van der Waals surface area contributed by atoms with E-state index in [1.54, 1.807) is 0 Å². The molecule has 3 heteroatoms. The number of benzene rings is 1. The molecule has 1 aliphatic heterocycles. The minimum absolute atomic E-state index is 0.300. The molecule has 1 fully saturated rings. The number of carbonyl (C=O) groups is 1. The van der Waals surface area contributed by atoms with Crippen molar-refractivity contribution in [1.82, 2.24) is 5.32 Å². The van der Waals surface area contributed by atoms with E-state index >= 15 is 0 Å². The van der Waals surface area contributed by atoms with E-state index in [4.69, 9.17) is 0 Å². The summed E-state index contributed by atoms with van der Waals surface area (Å²) < 4.78 is 0. The van der Waals surface area contributed by atoms with Gasteiger partial charge >= 0.3 is 0 Å². The highest BCUT2D eigenvalue weighted by Gasteiger charge is 2.49. The Morgan fingerprint density at radius 2 is 2.00 bits per heavy atom. The first-order valence-electron chi connectivity index (χ1n) is 4.20. The van der Waals surface area contributed by atoms with Crippen molar-refractivity contribution in [3.8, 4) is 0 Å². The molecular formula is C10H11NO2. The number of amides is 1. The Labute approximate surface area is 76.4 Å². The molecule has 1 heterocycles. The van der Waals surface area contributed by atoms with Crippen LogP contribution in [-0.2, 0) is 10.3 Å². The van der Waals surface area contributed by atoms with Crippen molar-refractivity contribution in [2.45, 2.75) is 18.6 Å². The van der Waals surface area contributed by atoms with Gasteiger partial charge in [-0.05, 0) is 12.5 Å². The highest BCUT2D eigenvalue weighted by molar-refractivity contribution is 5.90. The van der Waals surface area contributed by atoms with Crippen molar-refractivity contribution in [1.29, 1.82) is 0 Å². The summed E-state index contributed by atoms with van der Waals surface area (Å²) in [6, 6.07) is 9.46. The number of β-lactam (4-membered cyclic amide) rings is 1. The Kier molecular flexibility index (Phi) is 1.63. The molecule has 0 unspecified atom stereocenters. The van der Waals surface area contributed by atoms with Crippen molar-refractivity contribution in [2.75, 3.05) is 0 Å². The second kappa shape index (κ2) is 2.57. The van der Waals surface area contributed by atoms with E-state index in [0.717, 1.165) is 5.56 Å². The molecular weight excluding hydrogens is 166 g/mol. The van der Waals surface area contributed by atoms with Gasteiger partial charge in [-0.15, -0.1) is 0 Å². The van der Waals surface area contributed by atoms with Gasteiger partial charge in [-0.3, -0.25) is 4.79 Å². The number of rotatable bonds is 1. The number of hydrogen-bond acceptors (Lipinski definition) is 2. The maximum Gasteiger partial charge on any atom is 0.252 e. The zero-order valence-corrected chi connectivity index (χ0v) is 7.32. The minimum Gasteiger partial charge on any atom is -0.380 e. The third-order valence-electron chi connectivity index (χ3n) is 2.55. The Balaban J connectivity index is 2.33. The molecule has 3 nitrogen and oxygen atoms in total. The van der Waals surface area contributed by atoms with Gasteiger partial charge < -0.3 is 10.4 Å². The van der Waals surface area contributed by atoms with Crippen molar-refractivity contribution >= 4 is 5.91 Å². The second-order valence-electron chi connectivity index (χ2n) is 3.46. The number of hydrogen-bond donors (Lipinski definition) is 2. The first-order chi connectivity index (χ1) is 6.14. The third kappa shape index (κ3) is 1.04. The first-order valence-corrected chi connectivity index (χ1v) is 4.20. The summed E-state index contributed by atoms with van der Waals surface area (Å²) in [6.07, 6.45) is -0.921. The summed E-state index contributed by atoms with van der Waals surface area (Å²) in [5.74, 6) is -0.300. The fourth-order valence-electron chi connectivity index (χ4n) is 1.59. The molecule has 1 amide bonds. The van der Waals surface area contributed by atoms with Crippen LogP contribution >= 0.6 is 0 Å². The summed E-state index contributed by atoms with van der Waals surface area (Å²) in [5, 5.41) is 12.2. The van der Waals surface area contributed by atoms with Gasteiger partial charge in [0.15, 0.2) is 6.10 Å². The summed E-state index contributed by atoms with van der Waals surface area (Å²) in [7, 11) is 0. The van der Waals surface area contributed by atoms with Gasteiger partial charge in [-0.25, -0.2) is 0 Å². The molecule has 1 saturated heterocycles. The predicted molar refractivity (Wildman–Crippen MR) is 47.9 cm³/mol. The van der Waals surface area contributed by atoms with Gasteiger partial charge in [0.1, 0.15) is 0 Å². The largest absolute Gasteiger partial charge is 0.380 e. The molecule has 0 aliphatic carbocycles. The topological polar surface area (TPSA) is 49.3 Å². The number of carbonyl (C=O) groups excluding carboxylic acids is 1. The second-order valence-corrected chi connectivity index (χ2v) is 3.46. The first kappa shape index (κ1) is 8.26. The lowest BCUT2D eigenvalue weighted by atomic mass is 9.79. The van der Waals surface area contributed by atoms with Gasteiger partial charge in [0, 0.05) is 0 Å². The number of nitrogens with one attached hydrogen (secondary N) is 1. The molecule has 2 rings (SSSR count). The quantitative estimate of drug-likeness (QED) is 0.610. The Bertz CT molecular complexity index is 336. The molecule has 0 radical (unpaired) electrons. The maximum atomic E-state index is 10.9. The molecule has 68 valence electrons. The van der Waals surface area contributed by atoms with E-state index < -0.39 is 11.6 Å². The van der Waals surface area contributed by atoms with Crippen LogP contribution < -0.4 is 5.32 Å². The van der Waals surface area contributed by atoms with Crippen molar-refractivity contribution < 1.29 is 9.90 Å². The normalized spacial score (nSPS) is 32.2. The molecule has 1 aromatic rings. The molecule has 0 spiro atoms. The molecule has 13 heavy (non-hydrogen) atoms. The lowest BCUT2D eigenvalue weighted by Gasteiger charge is -2.44. The Morgan fingerprint density at radius 3 is 2.46 bits per heavy atom. The van der Waals surface area contributed by atoms with E-state index in [0.29, 0.717) is 0 Å². The molecule has 1 aromatic carbocycles. The van der Waals surface area contributed by atoms with E-state index in [1.807, 2.05) is 37.3 Å². The molecule has 1 aliphatic rings. The monoisotopic (exact) mass is 177 g/mol. The standard InChI is InChI=1S/C10H11NO2/c1-10(8(12)9(13)11-10)7-5-3-2-4-6-7/h2-6,8,12H,1H3,(H,11,13)/t8-,10-/m0/s1. The Hall–Kier alpha value is -1.35. The van der Waals surface area contributed by atoms with Crippen LogP contribution in [0.3, 0.4) is 0 Å². The van der Waals surface area contributed by atoms with E-state index in [2.05, 4.69) is 5.32 Å². The highest BCUT2D eigenvalue weighted by atomic mass is 16.3. The smallest absolute Gasteiger partial charge is 0.252 e. The van der Waals surface area contributed by atoms with Crippen molar-refractivity contribution in [3.05, 3.63) is 35.9 Å². The summed E-state index contributed by atoms with van der Waals surface area (Å²) in [4.78, 5) is 10.9. The van der Waals surface area contributed by atoms with Crippen LogP contribution in [0, 0.1) is 0 Å². The van der Waals surface area contributed by atoms with Gasteiger partial charge in [0.05, 0.1) is 5.54 Å². The summed E-state index contributed by atoms with van der Waals surface area (Å²) in [5.41, 5.74) is 0.334. The highest BCUT2D eigenvalue weighted by Crippen LogP contribution is 2.31. The molecule has 0 bridgehead atoms. The van der Waals surface area contributed by atoms with Crippen LogP contribution in [0.4, 0.5) is 0 Å². The van der Waals surface area contributed by atoms with Crippen LogP contribution in [0.25, 0.3) is 0 Å². The van der Waals surface area contributed by atoms with Crippen LogP contribution in [0.15, 0.2) is 30.3 Å². The predicted octanol–water partition coefficient (Wildman–Crippen LogP) is 0.393. The minimum atomic E-state index is -0.921. The fraction of sp³-hybridized carbons (Fsp3) is 0.300. The van der Waals surface area contributed by atoms with E-state index in [9.17, 15) is 9.90 Å². The van der Waals surface area contributed by atoms with Gasteiger partial charge in [-0.2, -0.15) is 0 Å². The zero-order chi connectivity index (χ0) is 9.47. The van der Waals surface area contributed by atoms with Gasteiger partial charge in [-0.1, -0.05) is 30.3 Å². The lowest BCUT2D eigenvalue weighted by molar-refractivity contribution is -0.151. The zero-order valence-electron chi connectivity index (χ0n) is 7.32. The van der Waals surface area contributed by atoms with Crippen LogP contribution in [0.1, 0.15) is 12.5 Å². The summed E-state index contributed by atoms with van der Waals surface area (Å²) >= 11 is 0. The Morgan fingerprint density at radius 1 is 1.38 bits per heavy atom. The lowest BCUT2D eigenvalue weighted by Crippen LogP contribution is -2.68. The molecule has 0 aromatic heterocycles. The third-order valence-corrected chi connectivity index (χ3v) is 2.55. The van der Waals surface area contributed by atoms with Crippen molar-refractivity contribution in [2.24, 2.45) is 0 Å². The van der Waals surface area contributed by atoms with Crippen LogP contribution in [0.5, 0.6) is 0 Å². The van der Waals surface area contributed by atoms with Crippen molar-refractivity contribution in [3.63, 3.8) is 0 Å². The van der Waals surface area contributed by atoms with Gasteiger partial charge in [0.2, 0.25) is 0 Å². The van der Waals surface area contributed by atoms with E-state index in [-0.39, 0.29) is 5.91 Å². The summed E-state index contributed by atoms with van der Waals surface area (Å²) in [6.45, 7) is 1.81. The molecule has 2 N–H and O–H groups in total. The molecule has 2 atom stereocenters. The number of aliphatic hydroxyl groups is 1. The average molecular weight is 177 g/mol. The SMILES string of the molecule is C[C@@]1(c2ccccc2)NC(=O)[C@@H]1O. The molecule has 0 saturated carbocycles. The van der Waals surface area contributed by atoms with Gasteiger partial charge in [0.25, 0.3) is 5.91 Å². The fourth-order valence-corrected chi connectivity index (χ4v) is 1.59. The number of aliphatic hydroxyl groups excluding tert-OH is 1. The van der Waals surface area contributed by atoms with Crippen LogP contribution in [-0.4, -0.2) is 17.1 Å². The maximum absolute atomic E-state index is 10.9. The average Bonchev–Trinajstić information content (AvgIpc) is 2.19. The van der Waals surface area contributed by atoms with Crippen LogP contribution in [0.2, 0.25) is 0 Å².